The Morgan fingerprint density at radius 3 is 2.21 bits per heavy atom. The summed E-state index contributed by atoms with van der Waals surface area (Å²) in [5.41, 5.74) is 3.42. The van der Waals surface area contributed by atoms with E-state index in [9.17, 15) is 24.5 Å². The van der Waals surface area contributed by atoms with Crippen molar-refractivity contribution in [2.45, 2.75) is 19.6 Å². The van der Waals surface area contributed by atoms with Crippen LogP contribution in [-0.4, -0.2) is 26.6 Å². The Hall–Kier alpha value is -5.61. The smallest absolute Gasteiger partial charge is 0.268 e. The van der Waals surface area contributed by atoms with Crippen LogP contribution in [0.15, 0.2) is 84.1 Å². The van der Waals surface area contributed by atoms with Crippen molar-refractivity contribution >= 4 is 29.4 Å². The van der Waals surface area contributed by atoms with Gasteiger partial charge in [-0.2, -0.15) is 15.5 Å². The molecule has 2 aliphatic rings. The summed E-state index contributed by atoms with van der Waals surface area (Å²) < 4.78 is 15.0. The zero-order chi connectivity index (χ0) is 27.3. The maximum absolute atomic E-state index is 13.6. The van der Waals surface area contributed by atoms with Gasteiger partial charge < -0.3 is 0 Å². The van der Waals surface area contributed by atoms with Crippen LogP contribution in [0.5, 0.6) is 0 Å². The lowest BCUT2D eigenvalue weighted by molar-refractivity contribution is 0.0923. The fourth-order valence-electron chi connectivity index (χ4n) is 4.96. The number of nitrogens with zero attached hydrogens (tertiary/aromatic N) is 7. The predicted molar refractivity (Wildman–Crippen MR) is 139 cm³/mol. The fourth-order valence-corrected chi connectivity index (χ4v) is 4.96. The minimum Gasteiger partial charge on any atom is -0.282 e. The topological polar surface area (TPSA) is 119 Å². The highest BCUT2D eigenvalue weighted by Crippen LogP contribution is 2.43. The van der Waals surface area contributed by atoms with Gasteiger partial charge in [-0.3, -0.25) is 14.5 Å². The largest absolute Gasteiger partial charge is 0.282 e. The third-order valence-corrected chi connectivity index (χ3v) is 6.84. The number of carbonyl (C=O) groups excluding carboxylic acids is 2. The van der Waals surface area contributed by atoms with Gasteiger partial charge in [-0.1, -0.05) is 36.4 Å². The number of aromatic nitrogens is 3. The molecule has 2 amide bonds. The maximum Gasteiger partial charge on any atom is 0.268 e. The average molecular weight is 516 g/mol. The number of nitriles is 2. The Morgan fingerprint density at radius 1 is 0.897 bits per heavy atom. The zero-order valence-electron chi connectivity index (χ0n) is 20.5. The Kier molecular flexibility index (Phi) is 5.51. The molecule has 0 fully saturated rings. The van der Waals surface area contributed by atoms with Crippen molar-refractivity contribution in [3.63, 3.8) is 0 Å². The number of alkyl halides is 1. The van der Waals surface area contributed by atoms with Crippen LogP contribution >= 0.6 is 0 Å². The monoisotopic (exact) mass is 515 g/mol. The van der Waals surface area contributed by atoms with Crippen LogP contribution in [0, 0.1) is 22.7 Å². The van der Waals surface area contributed by atoms with E-state index >= 15 is 0 Å². The van der Waals surface area contributed by atoms with E-state index in [0.29, 0.717) is 33.6 Å². The second kappa shape index (κ2) is 9.05. The highest BCUT2D eigenvalue weighted by molar-refractivity contribution is 6.33. The van der Waals surface area contributed by atoms with Crippen molar-refractivity contribution in [3.8, 4) is 12.1 Å². The Labute approximate surface area is 222 Å². The first-order valence-corrected chi connectivity index (χ1v) is 12.0. The molecule has 0 aliphatic carbocycles. The molecule has 0 radical (unpaired) electrons. The standard InChI is InChI=1S/C29H18FN7O2/c1-17-24(16-32)25(20-11-9-18(15-31)10-12-20)37-29(35(17)21-6-4-5-19(13-21)14-30)33-28(34-37)36-26(38)22-7-2-3-8-23(22)27(36)39/h2-13,25H,14H2,1H3. The van der Waals surface area contributed by atoms with E-state index in [1.54, 1.807) is 84.6 Å². The van der Waals surface area contributed by atoms with Crippen LogP contribution in [0.3, 0.4) is 0 Å². The summed E-state index contributed by atoms with van der Waals surface area (Å²) in [6.45, 7) is 1.06. The molecule has 39 heavy (non-hydrogen) atoms. The lowest BCUT2D eigenvalue weighted by atomic mass is 9.95. The first-order chi connectivity index (χ1) is 19.0. The minimum absolute atomic E-state index is 0.145. The van der Waals surface area contributed by atoms with E-state index in [4.69, 9.17) is 0 Å². The summed E-state index contributed by atoms with van der Waals surface area (Å²) in [5, 5.41) is 24.1. The molecule has 0 saturated carbocycles. The van der Waals surface area contributed by atoms with E-state index in [-0.39, 0.29) is 23.0 Å². The summed E-state index contributed by atoms with van der Waals surface area (Å²) in [6, 6.07) is 23.5. The summed E-state index contributed by atoms with van der Waals surface area (Å²) >= 11 is 0. The van der Waals surface area contributed by atoms with Crippen LogP contribution in [0.1, 0.15) is 50.4 Å². The predicted octanol–water partition coefficient (Wildman–Crippen LogP) is 4.96. The van der Waals surface area contributed by atoms with Crippen LogP contribution in [0.25, 0.3) is 0 Å². The van der Waals surface area contributed by atoms with Crippen molar-refractivity contribution in [2.24, 2.45) is 0 Å². The molecule has 3 aromatic carbocycles. The molecule has 3 heterocycles. The van der Waals surface area contributed by atoms with Gasteiger partial charge in [0.2, 0.25) is 5.95 Å². The molecule has 9 nitrogen and oxygen atoms in total. The molecular weight excluding hydrogens is 497 g/mol. The van der Waals surface area contributed by atoms with Crippen LogP contribution < -0.4 is 9.80 Å². The van der Waals surface area contributed by atoms with E-state index in [0.717, 1.165) is 4.90 Å². The molecule has 10 heteroatoms. The van der Waals surface area contributed by atoms with Gasteiger partial charge in [0, 0.05) is 11.4 Å². The minimum atomic E-state index is -0.755. The van der Waals surface area contributed by atoms with Crippen molar-refractivity contribution in [1.29, 1.82) is 10.5 Å². The van der Waals surface area contributed by atoms with Gasteiger partial charge in [-0.05, 0) is 54.4 Å². The summed E-state index contributed by atoms with van der Waals surface area (Å²) in [7, 11) is 0. The number of fused-ring (bicyclic) bond motifs is 2. The first-order valence-electron chi connectivity index (χ1n) is 12.0. The quantitative estimate of drug-likeness (QED) is 0.353. The van der Waals surface area contributed by atoms with Crippen LogP contribution in [0.4, 0.5) is 22.0 Å². The van der Waals surface area contributed by atoms with Crippen molar-refractivity contribution in [3.05, 3.63) is 112 Å². The normalized spacial score (nSPS) is 16.2. The molecule has 1 aromatic heterocycles. The maximum atomic E-state index is 13.6. The number of hydrogen-bond acceptors (Lipinski definition) is 7. The number of allylic oxidation sites excluding steroid dienone is 2. The Bertz CT molecular complexity index is 1760. The Balaban J connectivity index is 1.57. The van der Waals surface area contributed by atoms with Gasteiger partial charge in [0.25, 0.3) is 17.8 Å². The van der Waals surface area contributed by atoms with Gasteiger partial charge in [0.05, 0.1) is 34.4 Å². The molecule has 2 aliphatic heterocycles. The van der Waals surface area contributed by atoms with Gasteiger partial charge >= 0.3 is 0 Å². The van der Waals surface area contributed by atoms with Crippen molar-refractivity contribution in [1.82, 2.24) is 14.8 Å². The van der Waals surface area contributed by atoms with E-state index < -0.39 is 24.5 Å². The lowest BCUT2D eigenvalue weighted by Gasteiger charge is -2.34. The lowest BCUT2D eigenvalue weighted by Crippen LogP contribution is -2.31. The molecule has 0 N–H and O–H groups in total. The molecule has 4 aromatic rings. The van der Waals surface area contributed by atoms with Gasteiger partial charge in [0.15, 0.2) is 0 Å². The number of anilines is 3. The molecule has 1 atom stereocenters. The third kappa shape index (κ3) is 3.58. The number of rotatable bonds is 4. The van der Waals surface area contributed by atoms with E-state index in [1.807, 2.05) is 0 Å². The van der Waals surface area contributed by atoms with Crippen molar-refractivity contribution in [2.75, 3.05) is 9.80 Å². The molecule has 0 bridgehead atoms. The molecular formula is C29H18FN7O2. The number of carbonyl (C=O) groups is 2. The molecule has 0 spiro atoms. The fraction of sp³-hybridized carbons (Fsp3) is 0.103. The van der Waals surface area contributed by atoms with Gasteiger partial charge in [-0.15, -0.1) is 5.10 Å². The van der Waals surface area contributed by atoms with Crippen LogP contribution in [0.2, 0.25) is 0 Å². The zero-order valence-corrected chi connectivity index (χ0v) is 20.5. The Morgan fingerprint density at radius 2 is 1.59 bits per heavy atom. The highest BCUT2D eigenvalue weighted by atomic mass is 19.1. The van der Waals surface area contributed by atoms with Crippen molar-refractivity contribution < 1.29 is 14.0 Å². The SMILES string of the molecule is CC1=C(C#N)C(c2ccc(C#N)cc2)n2nc(N3C(=O)c4ccccc4C3=O)nc2N1c1cccc(CF)c1. The highest BCUT2D eigenvalue weighted by Gasteiger charge is 2.42. The number of halogens is 1. The second-order valence-electron chi connectivity index (χ2n) is 9.03. The summed E-state index contributed by atoms with van der Waals surface area (Å²) in [6.07, 6.45) is 0. The summed E-state index contributed by atoms with van der Waals surface area (Å²) in [4.78, 5) is 33.7. The number of imide groups is 1. The number of hydrogen-bond donors (Lipinski definition) is 0. The summed E-state index contributed by atoms with van der Waals surface area (Å²) in [5.74, 6) is -1.01. The second-order valence-corrected chi connectivity index (χ2v) is 9.03. The van der Waals surface area contributed by atoms with E-state index in [1.165, 1.54) is 4.68 Å². The van der Waals surface area contributed by atoms with Crippen LogP contribution in [-0.2, 0) is 6.67 Å². The number of amides is 2. The first kappa shape index (κ1) is 23.8. The van der Waals surface area contributed by atoms with E-state index in [2.05, 4.69) is 22.2 Å². The van der Waals surface area contributed by atoms with Gasteiger partial charge in [-0.25, -0.2) is 14.0 Å². The number of benzene rings is 3. The average Bonchev–Trinajstić information content (AvgIpc) is 3.50. The molecule has 1 unspecified atom stereocenters. The van der Waals surface area contributed by atoms with Gasteiger partial charge in [0.1, 0.15) is 12.7 Å². The molecule has 0 saturated heterocycles. The third-order valence-electron chi connectivity index (χ3n) is 6.84. The molecule has 188 valence electrons. The molecule has 6 rings (SSSR count).